The normalized spacial score (nSPS) is 12.1. The van der Waals surface area contributed by atoms with Gasteiger partial charge in [-0.1, -0.05) is 46.3 Å². The highest BCUT2D eigenvalue weighted by Crippen LogP contribution is 2.25. The molecule has 0 saturated carbocycles. The maximum Gasteiger partial charge on any atom is 0.130 e. The van der Waals surface area contributed by atoms with Gasteiger partial charge in [-0.15, -0.1) is 0 Å². The SMILES string of the molecule is COc1ccc(Br)cc1CN[C@H](c1ccccc1)c1nccn1C. The van der Waals surface area contributed by atoms with Crippen LogP contribution < -0.4 is 10.1 Å². The molecule has 1 N–H and O–H groups in total. The van der Waals surface area contributed by atoms with Crippen LogP contribution in [0.5, 0.6) is 5.75 Å². The van der Waals surface area contributed by atoms with E-state index in [1.165, 1.54) is 5.56 Å². The molecule has 3 aromatic rings. The van der Waals surface area contributed by atoms with Crippen LogP contribution in [0.3, 0.4) is 0 Å². The number of halogens is 1. The summed E-state index contributed by atoms with van der Waals surface area (Å²) in [6, 6.07) is 16.4. The molecule has 4 nitrogen and oxygen atoms in total. The molecule has 2 aromatic carbocycles. The van der Waals surface area contributed by atoms with Gasteiger partial charge in [-0.2, -0.15) is 0 Å². The molecule has 1 aromatic heterocycles. The second-order valence-electron chi connectivity index (χ2n) is 5.58. The highest BCUT2D eigenvalue weighted by Gasteiger charge is 2.18. The summed E-state index contributed by atoms with van der Waals surface area (Å²) in [7, 11) is 3.71. The van der Waals surface area contributed by atoms with Crippen molar-refractivity contribution in [1.29, 1.82) is 0 Å². The van der Waals surface area contributed by atoms with Gasteiger partial charge >= 0.3 is 0 Å². The van der Waals surface area contributed by atoms with E-state index < -0.39 is 0 Å². The van der Waals surface area contributed by atoms with Crippen LogP contribution in [0.1, 0.15) is 23.0 Å². The van der Waals surface area contributed by atoms with Crippen LogP contribution in [0, 0.1) is 0 Å². The van der Waals surface area contributed by atoms with Crippen molar-refractivity contribution in [3.8, 4) is 5.75 Å². The molecule has 0 aliphatic heterocycles. The Morgan fingerprint density at radius 3 is 2.67 bits per heavy atom. The molecule has 5 heteroatoms. The average molecular weight is 386 g/mol. The van der Waals surface area contributed by atoms with Gasteiger partial charge in [-0.05, 0) is 23.8 Å². The van der Waals surface area contributed by atoms with E-state index in [-0.39, 0.29) is 6.04 Å². The fourth-order valence-corrected chi connectivity index (χ4v) is 3.16. The van der Waals surface area contributed by atoms with Crippen molar-refractivity contribution >= 4 is 15.9 Å². The van der Waals surface area contributed by atoms with Gasteiger partial charge < -0.3 is 9.30 Å². The van der Waals surface area contributed by atoms with E-state index in [0.29, 0.717) is 6.54 Å². The Hall–Kier alpha value is -2.11. The van der Waals surface area contributed by atoms with Crippen LogP contribution in [0.4, 0.5) is 0 Å². The number of imidazole rings is 1. The number of methoxy groups -OCH3 is 1. The lowest BCUT2D eigenvalue weighted by Crippen LogP contribution is -2.25. The molecule has 0 spiro atoms. The Morgan fingerprint density at radius 2 is 2.00 bits per heavy atom. The number of hydrogen-bond donors (Lipinski definition) is 1. The lowest BCUT2D eigenvalue weighted by atomic mass is 10.1. The molecule has 0 fully saturated rings. The highest BCUT2D eigenvalue weighted by atomic mass is 79.9. The number of hydrogen-bond acceptors (Lipinski definition) is 3. The Morgan fingerprint density at radius 1 is 1.21 bits per heavy atom. The average Bonchev–Trinajstić information content (AvgIpc) is 3.02. The van der Waals surface area contributed by atoms with Crippen molar-refractivity contribution in [2.24, 2.45) is 7.05 Å². The Bertz CT molecular complexity index is 801. The number of nitrogens with one attached hydrogen (secondary N) is 1. The van der Waals surface area contributed by atoms with E-state index in [4.69, 9.17) is 4.74 Å². The van der Waals surface area contributed by atoms with Gasteiger partial charge in [0, 0.05) is 36.0 Å². The van der Waals surface area contributed by atoms with Crippen molar-refractivity contribution in [2.75, 3.05) is 7.11 Å². The molecule has 0 radical (unpaired) electrons. The molecule has 0 aliphatic carbocycles. The minimum atomic E-state index is 0.00916. The van der Waals surface area contributed by atoms with Crippen LogP contribution in [0.15, 0.2) is 65.4 Å². The van der Waals surface area contributed by atoms with E-state index >= 15 is 0 Å². The predicted octanol–water partition coefficient (Wildman–Crippen LogP) is 4.07. The van der Waals surface area contributed by atoms with Gasteiger partial charge in [0.15, 0.2) is 0 Å². The van der Waals surface area contributed by atoms with E-state index in [1.54, 1.807) is 7.11 Å². The fraction of sp³-hybridized carbons (Fsp3) is 0.211. The molecule has 24 heavy (non-hydrogen) atoms. The molecule has 0 saturated heterocycles. The summed E-state index contributed by atoms with van der Waals surface area (Å²) in [4.78, 5) is 4.52. The van der Waals surface area contributed by atoms with Crippen LogP contribution >= 0.6 is 15.9 Å². The quantitative estimate of drug-likeness (QED) is 0.694. The predicted molar refractivity (Wildman–Crippen MR) is 99.0 cm³/mol. The molecular formula is C19H20BrN3O. The summed E-state index contributed by atoms with van der Waals surface area (Å²) in [5.41, 5.74) is 2.28. The molecular weight excluding hydrogens is 366 g/mol. The van der Waals surface area contributed by atoms with E-state index in [1.807, 2.05) is 54.3 Å². The third-order valence-electron chi connectivity index (χ3n) is 3.99. The maximum absolute atomic E-state index is 5.47. The number of nitrogens with zero attached hydrogens (tertiary/aromatic N) is 2. The first kappa shape index (κ1) is 16.7. The van der Waals surface area contributed by atoms with Gasteiger partial charge in [0.1, 0.15) is 11.6 Å². The van der Waals surface area contributed by atoms with Crippen LogP contribution in [-0.2, 0) is 13.6 Å². The van der Waals surface area contributed by atoms with Crippen molar-refractivity contribution in [2.45, 2.75) is 12.6 Å². The van der Waals surface area contributed by atoms with E-state index in [0.717, 1.165) is 21.6 Å². The van der Waals surface area contributed by atoms with Crippen LogP contribution in [0.2, 0.25) is 0 Å². The van der Waals surface area contributed by atoms with Gasteiger partial charge in [0.25, 0.3) is 0 Å². The summed E-state index contributed by atoms with van der Waals surface area (Å²) >= 11 is 3.53. The summed E-state index contributed by atoms with van der Waals surface area (Å²) in [5, 5.41) is 3.61. The zero-order valence-electron chi connectivity index (χ0n) is 13.7. The van der Waals surface area contributed by atoms with Crippen molar-refractivity contribution in [1.82, 2.24) is 14.9 Å². The Kier molecular flexibility index (Phi) is 5.33. The Balaban J connectivity index is 1.88. The molecule has 0 bridgehead atoms. The number of benzene rings is 2. The minimum Gasteiger partial charge on any atom is -0.496 e. The number of rotatable bonds is 6. The van der Waals surface area contributed by atoms with Crippen LogP contribution in [0.25, 0.3) is 0 Å². The van der Waals surface area contributed by atoms with Crippen molar-refractivity contribution in [3.05, 3.63) is 82.3 Å². The lowest BCUT2D eigenvalue weighted by Gasteiger charge is -2.20. The molecule has 1 heterocycles. The highest BCUT2D eigenvalue weighted by molar-refractivity contribution is 9.10. The lowest BCUT2D eigenvalue weighted by molar-refractivity contribution is 0.406. The third-order valence-corrected chi connectivity index (χ3v) is 4.48. The zero-order valence-corrected chi connectivity index (χ0v) is 15.3. The van der Waals surface area contributed by atoms with Crippen LogP contribution in [-0.4, -0.2) is 16.7 Å². The van der Waals surface area contributed by atoms with Gasteiger partial charge in [-0.3, -0.25) is 5.32 Å². The molecule has 3 rings (SSSR count). The maximum atomic E-state index is 5.47. The van der Waals surface area contributed by atoms with E-state index in [9.17, 15) is 0 Å². The monoisotopic (exact) mass is 385 g/mol. The first-order chi connectivity index (χ1) is 11.7. The standard InChI is InChI=1S/C19H20BrN3O/c1-23-11-10-21-19(23)18(14-6-4-3-5-7-14)22-13-15-12-16(20)8-9-17(15)24-2/h3-12,18,22H,13H2,1-2H3/t18-/m1/s1. The fourth-order valence-electron chi connectivity index (χ4n) is 2.76. The second kappa shape index (κ2) is 7.64. The molecule has 124 valence electrons. The number of aromatic nitrogens is 2. The molecule has 0 amide bonds. The van der Waals surface area contributed by atoms with Gasteiger partial charge in [0.05, 0.1) is 13.2 Å². The second-order valence-corrected chi connectivity index (χ2v) is 6.49. The molecule has 1 atom stereocenters. The topological polar surface area (TPSA) is 39.1 Å². The Labute approximate surface area is 150 Å². The van der Waals surface area contributed by atoms with Gasteiger partial charge in [-0.25, -0.2) is 4.98 Å². The van der Waals surface area contributed by atoms with Crippen molar-refractivity contribution < 1.29 is 4.74 Å². The molecule has 0 aliphatic rings. The number of aryl methyl sites for hydroxylation is 1. The summed E-state index contributed by atoms with van der Waals surface area (Å²) in [6.07, 6.45) is 3.79. The van der Waals surface area contributed by atoms with E-state index in [2.05, 4.69) is 44.4 Å². The first-order valence-corrected chi connectivity index (χ1v) is 8.56. The third kappa shape index (κ3) is 3.68. The number of ether oxygens (including phenoxy) is 1. The zero-order chi connectivity index (χ0) is 16.9. The first-order valence-electron chi connectivity index (χ1n) is 7.77. The largest absolute Gasteiger partial charge is 0.496 e. The minimum absolute atomic E-state index is 0.00916. The van der Waals surface area contributed by atoms with Gasteiger partial charge in [0.2, 0.25) is 0 Å². The summed E-state index contributed by atoms with van der Waals surface area (Å²) in [5.74, 6) is 1.85. The molecule has 0 unspecified atom stereocenters. The smallest absolute Gasteiger partial charge is 0.130 e. The summed E-state index contributed by atoms with van der Waals surface area (Å²) < 4.78 is 8.55. The summed E-state index contributed by atoms with van der Waals surface area (Å²) in [6.45, 7) is 0.676. The van der Waals surface area contributed by atoms with Crippen molar-refractivity contribution in [3.63, 3.8) is 0 Å².